The summed E-state index contributed by atoms with van der Waals surface area (Å²) in [6, 6.07) is 140. The summed E-state index contributed by atoms with van der Waals surface area (Å²) in [5.74, 6) is 3.06. The summed E-state index contributed by atoms with van der Waals surface area (Å²) in [5.41, 5.74) is 27.6. The van der Waals surface area contributed by atoms with Crippen molar-refractivity contribution in [2.75, 3.05) is 9.80 Å². The van der Waals surface area contributed by atoms with Crippen molar-refractivity contribution in [2.24, 2.45) is 0 Å². The lowest BCUT2D eigenvalue weighted by Gasteiger charge is -2.44. The van der Waals surface area contributed by atoms with Crippen molar-refractivity contribution in [1.82, 2.24) is 34.5 Å². The van der Waals surface area contributed by atoms with E-state index in [1.807, 2.05) is 133 Å². The molecule has 0 aliphatic carbocycles. The third-order valence-electron chi connectivity index (χ3n) is 22.3. The zero-order valence-corrected chi connectivity index (χ0v) is 62.4. The highest BCUT2D eigenvalue weighted by atomic mass is 15.2. The maximum absolute atomic E-state index is 11.1. The Hall–Kier alpha value is -16.0. The van der Waals surface area contributed by atoms with Crippen LogP contribution in [0, 0.1) is 22.7 Å². The van der Waals surface area contributed by atoms with Gasteiger partial charge in [-0.05, 0) is 181 Å². The maximum atomic E-state index is 11.1. The van der Waals surface area contributed by atoms with E-state index in [4.69, 9.17) is 29.9 Å². The number of hydrogen-bond acceptors (Lipinski definition) is 10. The fourth-order valence-corrected chi connectivity index (χ4v) is 16.8. The fourth-order valence-electron chi connectivity index (χ4n) is 16.8. The Balaban J connectivity index is 0.832. The molecule has 0 bridgehead atoms. The summed E-state index contributed by atoms with van der Waals surface area (Å²) in [6.45, 7) is -0.358. The molecule has 0 atom stereocenters. The quantitative estimate of drug-likeness (QED) is 0.0968. The van der Waals surface area contributed by atoms with E-state index in [1.54, 1.807) is 0 Å². The molecule has 19 aromatic rings. The lowest BCUT2D eigenvalue weighted by atomic mass is 9.33. The van der Waals surface area contributed by atoms with E-state index >= 15 is 0 Å². The first-order valence-electron chi connectivity index (χ1n) is 38.7. The predicted molar refractivity (Wildman–Crippen MR) is 471 cm³/mol. The van der Waals surface area contributed by atoms with Crippen molar-refractivity contribution < 1.29 is 0 Å². The molecule has 0 saturated heterocycles. The zero-order chi connectivity index (χ0) is 77.2. The lowest BCUT2D eigenvalue weighted by molar-refractivity contribution is 1.06. The average Bonchev–Trinajstić information content (AvgIpc) is 0.773. The van der Waals surface area contributed by atoms with Crippen LogP contribution in [0.25, 0.3) is 151 Å². The monoisotopic (exact) mass is 1480 g/mol. The zero-order valence-electron chi connectivity index (χ0n) is 62.4. The van der Waals surface area contributed by atoms with Crippen molar-refractivity contribution >= 4 is 79.0 Å². The first kappa shape index (κ1) is 68.0. The van der Waals surface area contributed by atoms with Crippen molar-refractivity contribution in [1.29, 1.82) is 10.5 Å². The molecule has 21 rings (SSSR count). The standard InChI is InChI=1S/C104H64BN11/c106-65-67-45-49-89-94(53-67)114(84-57-79(69-27-9-1-10-28-69)55-80(58-84)70-29-11-2-12-30-70)96-63-83(64-97-98(96)105(89)90-50-46-68(66-107)54-95(90)115(97)85-59-81(71-31-13-3-14-32-71)56-82(60-85)72-33-15-4-16-34-72)77-47-51-92-87(61-77)86-43-25-26-44-91(86)116(92)93-52-48-78(103-110-99(73-35-17-5-18-36-73)108-100(111-103)74-37-19-6-20-38-74)62-88(93)104-112-101(75-39-21-7-22-40-75)109-102(113-104)76-41-23-8-24-42-76/h1-64H. The largest absolute Gasteiger partial charge is 0.311 e. The molecule has 2 aliphatic heterocycles. The molecule has 116 heavy (non-hydrogen) atoms. The van der Waals surface area contributed by atoms with Gasteiger partial charge in [-0.1, -0.05) is 279 Å². The molecule has 12 heteroatoms. The predicted octanol–water partition coefficient (Wildman–Crippen LogP) is 23.3. The number of fused-ring (bicyclic) bond motifs is 7. The Morgan fingerprint density at radius 2 is 0.560 bits per heavy atom. The molecule has 11 nitrogen and oxygen atoms in total. The Morgan fingerprint density at radius 3 is 0.957 bits per heavy atom. The van der Waals surface area contributed by atoms with Crippen LogP contribution in [0.2, 0.25) is 0 Å². The van der Waals surface area contributed by atoms with Gasteiger partial charge in [0.15, 0.2) is 34.9 Å². The first-order valence-corrected chi connectivity index (χ1v) is 38.7. The van der Waals surface area contributed by atoms with Gasteiger partial charge in [0, 0.05) is 78.3 Å². The topological polar surface area (TPSA) is 136 Å². The first-order chi connectivity index (χ1) is 57.4. The van der Waals surface area contributed by atoms with Crippen molar-refractivity contribution in [3.8, 4) is 142 Å². The number of aromatic nitrogens is 7. The van der Waals surface area contributed by atoms with Crippen LogP contribution in [0.5, 0.6) is 0 Å². The number of para-hydroxylation sites is 1. The van der Waals surface area contributed by atoms with Crippen LogP contribution < -0.4 is 26.2 Å². The molecular formula is C104H64BN11. The van der Waals surface area contributed by atoms with E-state index in [-0.39, 0.29) is 6.71 Å². The van der Waals surface area contributed by atoms with Crippen LogP contribution in [0.4, 0.5) is 34.1 Å². The minimum absolute atomic E-state index is 0.358. The SMILES string of the molecule is N#Cc1ccc2c(c1)N(c1cc(-c3ccccc3)cc(-c3ccccc3)c1)c1cc(-c3ccc4c(c3)c3ccccc3n4-c3ccc(-c4nc(-c5ccccc5)nc(-c5ccccc5)n4)cc3-c3nc(-c4ccccc4)nc(-c4ccccc4)n3)cc3c1B2c1ccc(C#N)cc1N3c1cc(-c2ccccc2)cc(-c2ccccc2)c1. The molecular weight excluding hydrogens is 1410 g/mol. The summed E-state index contributed by atoms with van der Waals surface area (Å²) < 4.78 is 2.34. The average molecular weight is 1480 g/mol. The van der Waals surface area contributed by atoms with Crippen molar-refractivity contribution in [3.63, 3.8) is 0 Å². The highest BCUT2D eigenvalue weighted by molar-refractivity contribution is 7.00. The van der Waals surface area contributed by atoms with Gasteiger partial charge < -0.3 is 14.4 Å². The van der Waals surface area contributed by atoms with Gasteiger partial charge in [0.1, 0.15) is 0 Å². The molecule has 0 unspecified atom stereocenters. The Labute approximate surface area is 670 Å². The number of benzene rings is 16. The summed E-state index contributed by atoms with van der Waals surface area (Å²) in [5, 5.41) is 24.2. The van der Waals surface area contributed by atoms with E-state index in [0.29, 0.717) is 46.1 Å². The van der Waals surface area contributed by atoms with Gasteiger partial charge in [0.2, 0.25) is 0 Å². The van der Waals surface area contributed by atoms with Gasteiger partial charge in [0.25, 0.3) is 6.71 Å². The normalized spacial score (nSPS) is 11.9. The van der Waals surface area contributed by atoms with Crippen LogP contribution in [-0.4, -0.2) is 41.2 Å². The van der Waals surface area contributed by atoms with Crippen LogP contribution in [-0.2, 0) is 0 Å². The number of hydrogen-bond donors (Lipinski definition) is 0. The molecule has 5 heterocycles. The van der Waals surface area contributed by atoms with Gasteiger partial charge in [-0.25, -0.2) is 29.9 Å². The molecule has 0 amide bonds. The van der Waals surface area contributed by atoms with Crippen LogP contribution in [0.3, 0.4) is 0 Å². The fraction of sp³-hybridized carbons (Fsp3) is 0. The minimum atomic E-state index is -0.358. The lowest BCUT2D eigenvalue weighted by Crippen LogP contribution is -2.61. The highest BCUT2D eigenvalue weighted by Gasteiger charge is 2.44. The third kappa shape index (κ3) is 12.2. The maximum Gasteiger partial charge on any atom is 0.252 e. The second-order valence-electron chi connectivity index (χ2n) is 29.2. The second kappa shape index (κ2) is 28.7. The number of nitriles is 2. The molecule has 0 saturated carbocycles. The van der Waals surface area contributed by atoms with Crippen LogP contribution in [0.15, 0.2) is 388 Å². The third-order valence-corrected chi connectivity index (χ3v) is 22.3. The number of rotatable bonds is 14. The van der Waals surface area contributed by atoms with E-state index in [1.165, 1.54) is 0 Å². The Bertz CT molecular complexity index is 6710. The van der Waals surface area contributed by atoms with Gasteiger partial charge >= 0.3 is 0 Å². The summed E-state index contributed by atoms with van der Waals surface area (Å²) in [7, 11) is 0. The van der Waals surface area contributed by atoms with E-state index in [9.17, 15) is 10.5 Å². The number of nitrogens with zero attached hydrogens (tertiary/aromatic N) is 11. The molecule has 2 aliphatic rings. The minimum Gasteiger partial charge on any atom is -0.311 e. The molecule has 538 valence electrons. The van der Waals surface area contributed by atoms with Crippen LogP contribution >= 0.6 is 0 Å². The second-order valence-corrected chi connectivity index (χ2v) is 29.2. The van der Waals surface area contributed by atoms with Gasteiger partial charge in [-0.3, -0.25) is 0 Å². The summed E-state index contributed by atoms with van der Waals surface area (Å²) in [4.78, 5) is 36.6. The van der Waals surface area contributed by atoms with Gasteiger partial charge in [0.05, 0.1) is 40.0 Å². The van der Waals surface area contributed by atoms with Gasteiger partial charge in [-0.2, -0.15) is 10.5 Å². The van der Waals surface area contributed by atoms with Crippen LogP contribution in [0.1, 0.15) is 11.1 Å². The molecule has 0 N–H and O–H groups in total. The summed E-state index contributed by atoms with van der Waals surface area (Å²) in [6.07, 6.45) is 0. The molecule has 0 fully saturated rings. The van der Waals surface area contributed by atoms with Gasteiger partial charge in [-0.15, -0.1) is 0 Å². The van der Waals surface area contributed by atoms with Crippen molar-refractivity contribution in [2.45, 2.75) is 0 Å². The van der Waals surface area contributed by atoms with Crippen molar-refractivity contribution in [3.05, 3.63) is 399 Å². The van der Waals surface area contributed by atoms with E-state index in [0.717, 1.165) is 167 Å². The number of anilines is 6. The smallest absolute Gasteiger partial charge is 0.252 e. The van der Waals surface area contributed by atoms with E-state index in [2.05, 4.69) is 281 Å². The summed E-state index contributed by atoms with van der Waals surface area (Å²) >= 11 is 0. The molecule has 0 spiro atoms. The molecule has 3 aromatic heterocycles. The highest BCUT2D eigenvalue weighted by Crippen LogP contribution is 2.50. The Kier molecular flexibility index (Phi) is 16.8. The molecule has 0 radical (unpaired) electrons. The Morgan fingerprint density at radius 1 is 0.224 bits per heavy atom. The van der Waals surface area contributed by atoms with E-state index < -0.39 is 0 Å². The molecule has 16 aromatic carbocycles.